The van der Waals surface area contributed by atoms with E-state index in [4.69, 9.17) is 18.0 Å². The van der Waals surface area contributed by atoms with Gasteiger partial charge < -0.3 is 11.1 Å². The van der Waals surface area contributed by atoms with Gasteiger partial charge >= 0.3 is 0 Å². The van der Waals surface area contributed by atoms with Crippen LogP contribution in [-0.4, -0.2) is 17.4 Å². The van der Waals surface area contributed by atoms with Gasteiger partial charge in [0.1, 0.15) is 0 Å². The maximum atomic E-state index is 12.1. The number of carbonyl (C=O) groups excluding carboxylic acids is 1. The lowest BCUT2D eigenvalue weighted by atomic mass is 9.91. The first-order valence-electron chi connectivity index (χ1n) is 6.01. The number of thiocarbonyl (C=S) groups is 1. The van der Waals surface area contributed by atoms with Crippen LogP contribution in [0.25, 0.3) is 0 Å². The summed E-state index contributed by atoms with van der Waals surface area (Å²) >= 11 is 6.69. The minimum Gasteiger partial charge on any atom is -0.392 e. The summed E-state index contributed by atoms with van der Waals surface area (Å²) in [6.45, 7) is 4.86. The number of nitrogens with one attached hydrogen (secondary N) is 1. The third-order valence-corrected chi connectivity index (χ3v) is 5.16. The predicted octanol–water partition coefficient (Wildman–Crippen LogP) is 2.21. The fraction of sp³-hybridized carbons (Fsp3) is 0.538. The Morgan fingerprint density at radius 3 is 2.72 bits per heavy atom. The average Bonchev–Trinajstić information content (AvgIpc) is 2.93. The monoisotopic (exact) mass is 282 g/mol. The highest BCUT2D eigenvalue weighted by molar-refractivity contribution is 7.80. The lowest BCUT2D eigenvalue weighted by Gasteiger charge is -2.25. The van der Waals surface area contributed by atoms with Crippen molar-refractivity contribution in [2.45, 2.75) is 32.1 Å². The molecule has 0 atom stereocenters. The zero-order chi connectivity index (χ0) is 13.4. The van der Waals surface area contributed by atoms with E-state index in [1.165, 1.54) is 4.88 Å². The molecule has 1 heterocycles. The zero-order valence-electron chi connectivity index (χ0n) is 10.7. The molecule has 0 unspecified atom stereocenters. The molecule has 0 aliphatic heterocycles. The number of carbonyl (C=O) groups is 1. The first kappa shape index (κ1) is 13.5. The molecule has 1 aromatic heterocycles. The van der Waals surface area contributed by atoms with Crippen LogP contribution >= 0.6 is 23.6 Å². The molecule has 0 saturated heterocycles. The quantitative estimate of drug-likeness (QED) is 0.814. The second-order valence-corrected chi connectivity index (χ2v) is 6.88. The molecule has 1 amide bonds. The molecule has 1 aliphatic rings. The van der Waals surface area contributed by atoms with Crippen LogP contribution in [0.3, 0.4) is 0 Å². The van der Waals surface area contributed by atoms with Crippen molar-refractivity contribution in [2.75, 3.05) is 6.54 Å². The minimum absolute atomic E-state index is 0.0142. The van der Waals surface area contributed by atoms with E-state index in [1.54, 1.807) is 11.3 Å². The molecular weight excluding hydrogens is 264 g/mol. The van der Waals surface area contributed by atoms with E-state index in [-0.39, 0.29) is 11.3 Å². The van der Waals surface area contributed by atoms with Gasteiger partial charge in [0, 0.05) is 16.8 Å². The summed E-state index contributed by atoms with van der Waals surface area (Å²) in [5, 5.41) is 5.05. The van der Waals surface area contributed by atoms with E-state index < -0.39 is 5.41 Å². The van der Waals surface area contributed by atoms with Crippen LogP contribution in [-0.2, 0) is 10.2 Å². The highest BCUT2D eigenvalue weighted by Crippen LogP contribution is 2.46. The maximum absolute atomic E-state index is 12.1. The Kier molecular flexibility index (Phi) is 3.47. The van der Waals surface area contributed by atoms with Crippen LogP contribution in [0.5, 0.6) is 0 Å². The SMILES string of the molecule is CC(C)(CNC(=O)C1(C(N)=S)CC1)c1cccs1. The number of hydrogen-bond donors (Lipinski definition) is 2. The van der Waals surface area contributed by atoms with Crippen LogP contribution in [0, 0.1) is 5.41 Å². The van der Waals surface area contributed by atoms with Crippen LogP contribution in [0.1, 0.15) is 31.6 Å². The molecule has 1 fully saturated rings. The Balaban J connectivity index is 1.96. The molecule has 18 heavy (non-hydrogen) atoms. The van der Waals surface area contributed by atoms with E-state index in [9.17, 15) is 4.79 Å². The number of thiophene rings is 1. The van der Waals surface area contributed by atoms with Crippen molar-refractivity contribution in [2.24, 2.45) is 11.1 Å². The van der Waals surface area contributed by atoms with Crippen molar-refractivity contribution in [1.29, 1.82) is 0 Å². The molecule has 0 aromatic carbocycles. The summed E-state index contributed by atoms with van der Waals surface area (Å²) in [6.07, 6.45) is 1.57. The fourth-order valence-corrected chi connectivity index (χ4v) is 3.08. The molecule has 3 N–H and O–H groups in total. The van der Waals surface area contributed by atoms with E-state index >= 15 is 0 Å². The number of nitrogens with two attached hydrogens (primary N) is 1. The van der Waals surface area contributed by atoms with Gasteiger partial charge in [-0.2, -0.15) is 0 Å². The van der Waals surface area contributed by atoms with Gasteiger partial charge in [0.05, 0.1) is 10.4 Å². The average molecular weight is 282 g/mol. The third-order valence-electron chi connectivity index (χ3n) is 3.54. The molecular formula is C13H18N2OS2. The number of hydrogen-bond acceptors (Lipinski definition) is 3. The van der Waals surface area contributed by atoms with E-state index in [0.29, 0.717) is 11.5 Å². The van der Waals surface area contributed by atoms with Crippen LogP contribution in [0.2, 0.25) is 0 Å². The molecule has 3 nitrogen and oxygen atoms in total. The normalized spacial score (nSPS) is 17.2. The van der Waals surface area contributed by atoms with Gasteiger partial charge in [0.15, 0.2) is 0 Å². The van der Waals surface area contributed by atoms with Crippen molar-refractivity contribution in [3.8, 4) is 0 Å². The fourth-order valence-electron chi connectivity index (χ4n) is 1.93. The highest BCUT2D eigenvalue weighted by Gasteiger charge is 2.52. The Morgan fingerprint density at radius 2 is 2.28 bits per heavy atom. The van der Waals surface area contributed by atoms with Crippen LogP contribution in [0.15, 0.2) is 17.5 Å². The lowest BCUT2D eigenvalue weighted by Crippen LogP contribution is -2.44. The summed E-state index contributed by atoms with van der Waals surface area (Å²) in [6, 6.07) is 4.12. The minimum atomic E-state index is -0.555. The molecule has 1 saturated carbocycles. The summed E-state index contributed by atoms with van der Waals surface area (Å²) in [5.74, 6) is -0.0142. The molecule has 0 bridgehead atoms. The maximum Gasteiger partial charge on any atom is 0.233 e. The second kappa shape index (κ2) is 4.63. The van der Waals surface area contributed by atoms with Crippen molar-refractivity contribution in [1.82, 2.24) is 5.32 Å². The van der Waals surface area contributed by atoms with Crippen LogP contribution in [0.4, 0.5) is 0 Å². The Hall–Kier alpha value is -0.940. The molecule has 2 rings (SSSR count). The molecule has 1 aliphatic carbocycles. The standard InChI is InChI=1S/C13H18N2OS2/c1-12(2,9-4-3-7-18-9)8-15-11(16)13(5-6-13)10(14)17/h3-4,7H,5-6,8H2,1-2H3,(H2,14,17)(H,15,16). The molecule has 98 valence electrons. The van der Waals surface area contributed by atoms with Crippen molar-refractivity contribution in [3.63, 3.8) is 0 Å². The van der Waals surface area contributed by atoms with E-state index in [2.05, 4.69) is 30.6 Å². The van der Waals surface area contributed by atoms with Gasteiger partial charge in [0.2, 0.25) is 5.91 Å². The summed E-state index contributed by atoms with van der Waals surface area (Å²) in [4.78, 5) is 13.7. The second-order valence-electron chi connectivity index (χ2n) is 5.49. The van der Waals surface area contributed by atoms with Gasteiger partial charge in [-0.15, -0.1) is 11.3 Å². The van der Waals surface area contributed by atoms with Crippen molar-refractivity contribution < 1.29 is 4.79 Å². The Bertz CT molecular complexity index is 461. The van der Waals surface area contributed by atoms with Gasteiger partial charge in [-0.25, -0.2) is 0 Å². The van der Waals surface area contributed by atoms with Crippen molar-refractivity contribution >= 4 is 34.5 Å². The van der Waals surface area contributed by atoms with Gasteiger partial charge in [0.25, 0.3) is 0 Å². The van der Waals surface area contributed by atoms with Gasteiger partial charge in [-0.05, 0) is 24.3 Å². The zero-order valence-corrected chi connectivity index (χ0v) is 12.3. The van der Waals surface area contributed by atoms with Crippen molar-refractivity contribution in [3.05, 3.63) is 22.4 Å². The summed E-state index contributed by atoms with van der Waals surface area (Å²) in [5.41, 5.74) is 5.03. The molecule has 5 heteroatoms. The summed E-state index contributed by atoms with van der Waals surface area (Å²) < 4.78 is 0. The number of amides is 1. The first-order valence-corrected chi connectivity index (χ1v) is 7.29. The first-order chi connectivity index (χ1) is 8.38. The highest BCUT2D eigenvalue weighted by atomic mass is 32.1. The summed E-state index contributed by atoms with van der Waals surface area (Å²) in [7, 11) is 0. The molecule has 0 radical (unpaired) electrons. The van der Waals surface area contributed by atoms with E-state index in [0.717, 1.165) is 12.8 Å². The van der Waals surface area contributed by atoms with E-state index in [1.807, 2.05) is 6.07 Å². The molecule has 0 spiro atoms. The Labute approximate surface area is 117 Å². The number of rotatable bonds is 5. The third kappa shape index (κ3) is 2.42. The van der Waals surface area contributed by atoms with Crippen LogP contribution < -0.4 is 11.1 Å². The predicted molar refractivity (Wildman–Crippen MR) is 78.8 cm³/mol. The topological polar surface area (TPSA) is 55.1 Å². The lowest BCUT2D eigenvalue weighted by molar-refractivity contribution is -0.124. The Morgan fingerprint density at radius 1 is 1.61 bits per heavy atom. The van der Waals surface area contributed by atoms with Gasteiger partial charge in [-0.1, -0.05) is 32.1 Å². The van der Waals surface area contributed by atoms with Gasteiger partial charge in [-0.3, -0.25) is 4.79 Å². The molecule has 1 aromatic rings. The smallest absolute Gasteiger partial charge is 0.233 e. The largest absolute Gasteiger partial charge is 0.392 e.